The number of carbonyl (C=O) groups excluding carboxylic acids is 2. The maximum absolute atomic E-state index is 13.0. The minimum atomic E-state index is -1.27. The van der Waals surface area contributed by atoms with E-state index in [0.29, 0.717) is 57.1 Å². The van der Waals surface area contributed by atoms with E-state index in [1.165, 1.54) is 6.07 Å². The fourth-order valence-electron chi connectivity index (χ4n) is 4.92. The van der Waals surface area contributed by atoms with E-state index in [-0.39, 0.29) is 18.9 Å². The van der Waals surface area contributed by atoms with Gasteiger partial charge in [-0.15, -0.1) is 0 Å². The van der Waals surface area contributed by atoms with Crippen molar-refractivity contribution < 1.29 is 33.5 Å². The van der Waals surface area contributed by atoms with Gasteiger partial charge < -0.3 is 18.9 Å². The van der Waals surface area contributed by atoms with Crippen LogP contribution in [0.25, 0.3) is 0 Å². The first-order chi connectivity index (χ1) is 18.5. The molecule has 0 saturated carbocycles. The standard InChI is InChI=1S/C29H19NO8/c31-13-14-35-19-9-11-23-26(15-19)37-27-16-20(36-17-18-5-1-4-8-25(18)30(33)34)10-12-24(27)29(23)22-7-3-2-6-21(22)28(32)38-29/h1-13,15-16H,14,17H2. The van der Waals surface area contributed by atoms with Gasteiger partial charge in [0.25, 0.3) is 5.69 Å². The van der Waals surface area contributed by atoms with E-state index in [0.717, 1.165) is 0 Å². The number of nitro benzene ring substituents is 1. The molecule has 6 rings (SSSR count). The van der Waals surface area contributed by atoms with E-state index < -0.39 is 16.5 Å². The van der Waals surface area contributed by atoms with Crippen molar-refractivity contribution in [1.82, 2.24) is 0 Å². The SMILES string of the molecule is O=CCOc1ccc2c(c1)Oc1cc(OCc3ccccc3[N+](=O)[O-])ccc1C21OC(=O)c2ccccc21. The molecule has 0 radical (unpaired) electrons. The number of para-hydroxylation sites is 1. The van der Waals surface area contributed by atoms with Crippen LogP contribution in [0, 0.1) is 10.1 Å². The first-order valence-electron chi connectivity index (χ1n) is 11.7. The van der Waals surface area contributed by atoms with Gasteiger partial charge >= 0.3 is 5.97 Å². The number of nitrogens with zero attached hydrogens (tertiary/aromatic N) is 1. The van der Waals surface area contributed by atoms with Crippen LogP contribution in [0.2, 0.25) is 0 Å². The van der Waals surface area contributed by atoms with Crippen molar-refractivity contribution in [2.24, 2.45) is 0 Å². The number of benzene rings is 4. The molecule has 0 amide bonds. The maximum Gasteiger partial charge on any atom is 0.340 e. The Labute approximate surface area is 216 Å². The molecule has 2 aliphatic rings. The minimum Gasteiger partial charge on any atom is -0.489 e. The number of hydrogen-bond acceptors (Lipinski definition) is 8. The van der Waals surface area contributed by atoms with E-state index in [9.17, 15) is 19.7 Å². The van der Waals surface area contributed by atoms with Crippen molar-refractivity contribution in [3.63, 3.8) is 0 Å². The van der Waals surface area contributed by atoms with Crippen molar-refractivity contribution in [2.45, 2.75) is 12.2 Å². The Hall–Kier alpha value is -5.18. The minimum absolute atomic E-state index is 0.0286. The zero-order chi connectivity index (χ0) is 26.3. The first-order valence-corrected chi connectivity index (χ1v) is 11.7. The summed E-state index contributed by atoms with van der Waals surface area (Å²) in [5.41, 5.74) is 1.45. The maximum atomic E-state index is 13.0. The van der Waals surface area contributed by atoms with E-state index in [4.69, 9.17) is 18.9 Å². The van der Waals surface area contributed by atoms with Gasteiger partial charge in [-0.25, -0.2) is 4.79 Å². The molecule has 4 aromatic rings. The Bertz CT molecular complexity index is 1610. The van der Waals surface area contributed by atoms with Gasteiger partial charge in [0.15, 0.2) is 11.9 Å². The third kappa shape index (κ3) is 3.64. The largest absolute Gasteiger partial charge is 0.489 e. The van der Waals surface area contributed by atoms with Crippen LogP contribution in [-0.4, -0.2) is 23.8 Å². The molecular weight excluding hydrogens is 490 g/mol. The first kappa shape index (κ1) is 23.2. The second-order valence-corrected chi connectivity index (χ2v) is 8.69. The summed E-state index contributed by atoms with van der Waals surface area (Å²) in [5, 5.41) is 11.4. The Morgan fingerprint density at radius 1 is 0.842 bits per heavy atom. The number of ether oxygens (including phenoxy) is 4. The summed E-state index contributed by atoms with van der Waals surface area (Å²) in [6.45, 7) is -0.152. The predicted octanol–water partition coefficient (Wildman–Crippen LogP) is 5.32. The van der Waals surface area contributed by atoms with Crippen LogP contribution in [0.1, 0.15) is 32.6 Å². The van der Waals surface area contributed by atoms with Crippen molar-refractivity contribution in [1.29, 1.82) is 0 Å². The predicted molar refractivity (Wildman–Crippen MR) is 134 cm³/mol. The van der Waals surface area contributed by atoms with Crippen LogP contribution in [-0.2, 0) is 21.7 Å². The number of carbonyl (C=O) groups is 2. The molecule has 188 valence electrons. The van der Waals surface area contributed by atoms with Gasteiger partial charge in [0.2, 0.25) is 0 Å². The van der Waals surface area contributed by atoms with Crippen molar-refractivity contribution in [3.8, 4) is 23.0 Å². The van der Waals surface area contributed by atoms with Gasteiger partial charge in [-0.2, -0.15) is 0 Å². The summed E-state index contributed by atoms with van der Waals surface area (Å²) < 4.78 is 23.7. The summed E-state index contributed by atoms with van der Waals surface area (Å²) in [5.74, 6) is 1.13. The molecule has 1 unspecified atom stereocenters. The number of aldehydes is 1. The summed E-state index contributed by atoms with van der Waals surface area (Å²) in [4.78, 5) is 34.7. The number of esters is 1. The zero-order valence-electron chi connectivity index (χ0n) is 19.8. The van der Waals surface area contributed by atoms with Gasteiger partial charge in [0.05, 0.1) is 16.1 Å². The topological polar surface area (TPSA) is 114 Å². The quantitative estimate of drug-likeness (QED) is 0.142. The van der Waals surface area contributed by atoms with Crippen LogP contribution < -0.4 is 14.2 Å². The van der Waals surface area contributed by atoms with Gasteiger partial charge in [-0.1, -0.05) is 30.3 Å². The van der Waals surface area contributed by atoms with E-state index in [1.54, 1.807) is 66.7 Å². The van der Waals surface area contributed by atoms with Crippen LogP contribution in [0.5, 0.6) is 23.0 Å². The molecule has 2 heterocycles. The van der Waals surface area contributed by atoms with Gasteiger partial charge in [0, 0.05) is 34.9 Å². The summed E-state index contributed by atoms with van der Waals surface area (Å²) in [7, 11) is 0. The number of nitro groups is 1. The molecule has 0 aliphatic carbocycles. The van der Waals surface area contributed by atoms with Gasteiger partial charge in [-0.05, 0) is 36.4 Å². The van der Waals surface area contributed by atoms with Crippen LogP contribution in [0.4, 0.5) is 5.69 Å². The second kappa shape index (κ2) is 9.04. The van der Waals surface area contributed by atoms with Gasteiger partial charge in [0.1, 0.15) is 36.2 Å². The summed E-state index contributed by atoms with van der Waals surface area (Å²) in [6.07, 6.45) is 0.646. The number of hydrogen-bond donors (Lipinski definition) is 0. The Kier molecular flexibility index (Phi) is 5.53. The summed E-state index contributed by atoms with van der Waals surface area (Å²) in [6, 6.07) is 23.7. The van der Waals surface area contributed by atoms with Crippen LogP contribution >= 0.6 is 0 Å². The number of rotatable bonds is 7. The average molecular weight is 509 g/mol. The molecule has 0 aromatic heterocycles. The molecule has 1 spiro atoms. The van der Waals surface area contributed by atoms with Crippen LogP contribution in [0.3, 0.4) is 0 Å². The highest BCUT2D eigenvalue weighted by molar-refractivity contribution is 5.97. The van der Waals surface area contributed by atoms with E-state index in [1.807, 2.05) is 12.1 Å². The molecule has 0 saturated heterocycles. The lowest BCUT2D eigenvalue weighted by molar-refractivity contribution is -0.385. The monoisotopic (exact) mass is 509 g/mol. The Morgan fingerprint density at radius 2 is 1.50 bits per heavy atom. The fourth-order valence-corrected chi connectivity index (χ4v) is 4.92. The zero-order valence-corrected chi connectivity index (χ0v) is 19.8. The third-order valence-corrected chi connectivity index (χ3v) is 6.56. The molecule has 9 nitrogen and oxygen atoms in total. The molecule has 1 atom stereocenters. The molecule has 38 heavy (non-hydrogen) atoms. The second-order valence-electron chi connectivity index (χ2n) is 8.69. The highest BCUT2D eigenvalue weighted by atomic mass is 16.6. The molecule has 0 bridgehead atoms. The summed E-state index contributed by atoms with van der Waals surface area (Å²) >= 11 is 0. The highest BCUT2D eigenvalue weighted by Crippen LogP contribution is 2.57. The van der Waals surface area contributed by atoms with Crippen molar-refractivity contribution in [2.75, 3.05) is 6.61 Å². The molecular formula is C29H19NO8. The molecule has 0 N–H and O–H groups in total. The van der Waals surface area contributed by atoms with Crippen molar-refractivity contribution in [3.05, 3.63) is 123 Å². The lowest BCUT2D eigenvalue weighted by Gasteiger charge is -2.36. The fraction of sp³-hybridized carbons (Fsp3) is 0.103. The Morgan fingerprint density at radius 3 is 2.21 bits per heavy atom. The molecule has 4 aromatic carbocycles. The average Bonchev–Trinajstić information content (AvgIpc) is 3.23. The molecule has 0 fully saturated rings. The lowest BCUT2D eigenvalue weighted by atomic mass is 9.77. The normalized spacial score (nSPS) is 16.5. The highest BCUT2D eigenvalue weighted by Gasteiger charge is 2.53. The van der Waals surface area contributed by atoms with Crippen molar-refractivity contribution >= 4 is 17.9 Å². The smallest absolute Gasteiger partial charge is 0.340 e. The molecule has 9 heteroatoms. The van der Waals surface area contributed by atoms with E-state index in [2.05, 4.69) is 0 Å². The van der Waals surface area contributed by atoms with E-state index >= 15 is 0 Å². The molecule has 2 aliphatic heterocycles. The lowest BCUT2D eigenvalue weighted by Crippen LogP contribution is -2.33. The Balaban J connectivity index is 1.43. The van der Waals surface area contributed by atoms with Crippen LogP contribution in [0.15, 0.2) is 84.9 Å². The third-order valence-electron chi connectivity index (χ3n) is 6.56. The van der Waals surface area contributed by atoms with Gasteiger partial charge in [-0.3, -0.25) is 14.9 Å². The number of fused-ring (bicyclic) bond motifs is 6.